The third-order valence-corrected chi connectivity index (χ3v) is 3.57. The van der Waals surface area contributed by atoms with E-state index in [-0.39, 0.29) is 6.10 Å². The number of aromatic nitrogens is 1. The summed E-state index contributed by atoms with van der Waals surface area (Å²) in [4.78, 5) is 0. The van der Waals surface area contributed by atoms with Crippen molar-refractivity contribution in [3.8, 4) is 0 Å². The highest BCUT2D eigenvalue weighted by atomic mass is 16.5. The minimum atomic E-state index is 0.289. The zero-order valence-electron chi connectivity index (χ0n) is 10.6. The van der Waals surface area contributed by atoms with E-state index < -0.39 is 0 Å². The van der Waals surface area contributed by atoms with Gasteiger partial charge in [-0.3, -0.25) is 0 Å². The number of hydrogen-bond donors (Lipinski definition) is 0. The van der Waals surface area contributed by atoms with Crippen molar-refractivity contribution in [1.82, 2.24) is 4.57 Å². The van der Waals surface area contributed by atoms with E-state index in [1.807, 2.05) is 0 Å². The van der Waals surface area contributed by atoms with Crippen LogP contribution in [0.2, 0.25) is 0 Å². The summed E-state index contributed by atoms with van der Waals surface area (Å²) in [6.07, 6.45) is 6.08. The maximum absolute atomic E-state index is 5.88. The van der Waals surface area contributed by atoms with Crippen LogP contribution in [0.5, 0.6) is 0 Å². The van der Waals surface area contributed by atoms with E-state index in [4.69, 9.17) is 4.74 Å². The van der Waals surface area contributed by atoms with Crippen LogP contribution >= 0.6 is 0 Å². The molecule has 2 heterocycles. The average molecular weight is 241 g/mol. The molecule has 1 aliphatic heterocycles. The topological polar surface area (TPSA) is 14.2 Å². The number of nitrogens with zero attached hydrogens (tertiary/aromatic N) is 1. The number of hydrogen-bond acceptors (Lipinski definition) is 1. The minimum absolute atomic E-state index is 0.289. The highest BCUT2D eigenvalue weighted by Gasteiger charge is 2.18. The zero-order chi connectivity index (χ0) is 12.2. The van der Waals surface area contributed by atoms with Crippen LogP contribution in [0.1, 0.15) is 36.6 Å². The Morgan fingerprint density at radius 2 is 1.94 bits per heavy atom. The van der Waals surface area contributed by atoms with Crippen LogP contribution in [0.25, 0.3) is 0 Å². The molecule has 0 amide bonds. The Morgan fingerprint density at radius 1 is 1.06 bits per heavy atom. The quantitative estimate of drug-likeness (QED) is 0.797. The average Bonchev–Trinajstić information content (AvgIpc) is 2.89. The van der Waals surface area contributed by atoms with E-state index in [9.17, 15) is 0 Å². The normalized spacial score (nSPS) is 19.9. The molecule has 0 saturated carbocycles. The van der Waals surface area contributed by atoms with E-state index in [0.717, 1.165) is 19.6 Å². The number of rotatable bonds is 3. The number of ether oxygens (including phenoxy) is 1. The first kappa shape index (κ1) is 11.5. The van der Waals surface area contributed by atoms with E-state index >= 15 is 0 Å². The van der Waals surface area contributed by atoms with E-state index in [1.165, 1.54) is 24.1 Å². The third-order valence-electron chi connectivity index (χ3n) is 3.57. The van der Waals surface area contributed by atoms with Crippen LogP contribution in [0, 0.1) is 0 Å². The van der Waals surface area contributed by atoms with E-state index in [2.05, 4.69) is 53.2 Å². The molecule has 94 valence electrons. The maximum atomic E-state index is 5.88. The maximum Gasteiger partial charge on any atom is 0.0974 e. The standard InChI is InChI=1S/C16H19NO/c1-2-7-14(8-3-1)13-17-11-6-9-15(17)16-10-4-5-12-18-16/h1-3,6-9,11,16H,4-5,10,12-13H2. The van der Waals surface area contributed by atoms with Gasteiger partial charge in [0.15, 0.2) is 0 Å². The summed E-state index contributed by atoms with van der Waals surface area (Å²) in [5, 5.41) is 0. The minimum Gasteiger partial charge on any atom is -0.372 e. The molecule has 1 fully saturated rings. The van der Waals surface area contributed by atoms with Crippen LogP contribution in [0.4, 0.5) is 0 Å². The second-order valence-corrected chi connectivity index (χ2v) is 4.90. The van der Waals surface area contributed by atoms with Gasteiger partial charge in [0.2, 0.25) is 0 Å². The van der Waals surface area contributed by atoms with Gasteiger partial charge in [-0.05, 0) is 37.0 Å². The molecule has 2 heteroatoms. The molecule has 0 radical (unpaired) electrons. The Bertz CT molecular complexity index is 483. The van der Waals surface area contributed by atoms with Gasteiger partial charge in [0.1, 0.15) is 0 Å². The Balaban J connectivity index is 1.78. The molecular formula is C16H19NO. The zero-order valence-corrected chi connectivity index (χ0v) is 10.6. The second-order valence-electron chi connectivity index (χ2n) is 4.90. The predicted octanol–water partition coefficient (Wildman–Crippen LogP) is 3.78. The van der Waals surface area contributed by atoms with Crippen molar-refractivity contribution in [2.75, 3.05) is 6.61 Å². The van der Waals surface area contributed by atoms with Crippen molar-refractivity contribution in [2.24, 2.45) is 0 Å². The molecule has 18 heavy (non-hydrogen) atoms. The van der Waals surface area contributed by atoms with E-state index in [1.54, 1.807) is 0 Å². The molecule has 1 unspecified atom stereocenters. The molecule has 0 aliphatic carbocycles. The predicted molar refractivity (Wildman–Crippen MR) is 72.5 cm³/mol. The van der Waals surface area contributed by atoms with Gasteiger partial charge in [-0.25, -0.2) is 0 Å². The molecule has 1 aromatic heterocycles. The molecule has 1 atom stereocenters. The van der Waals surface area contributed by atoms with Crippen molar-refractivity contribution in [3.05, 3.63) is 59.9 Å². The highest BCUT2D eigenvalue weighted by Crippen LogP contribution is 2.28. The monoisotopic (exact) mass is 241 g/mol. The fourth-order valence-electron chi connectivity index (χ4n) is 2.62. The van der Waals surface area contributed by atoms with Crippen LogP contribution in [0.15, 0.2) is 48.7 Å². The first-order valence-electron chi connectivity index (χ1n) is 6.74. The first-order chi connectivity index (χ1) is 8.93. The Labute approximate surface area is 108 Å². The second kappa shape index (κ2) is 5.40. The molecule has 0 N–H and O–H groups in total. The van der Waals surface area contributed by atoms with Gasteiger partial charge >= 0.3 is 0 Å². The molecule has 2 nitrogen and oxygen atoms in total. The SMILES string of the molecule is c1ccc(Cn2cccc2C2CCCCO2)cc1. The summed E-state index contributed by atoms with van der Waals surface area (Å²) in [7, 11) is 0. The van der Waals surface area contributed by atoms with Crippen LogP contribution < -0.4 is 0 Å². The number of benzene rings is 1. The Kier molecular flexibility index (Phi) is 3.47. The highest BCUT2D eigenvalue weighted by molar-refractivity contribution is 5.18. The first-order valence-corrected chi connectivity index (χ1v) is 6.74. The summed E-state index contributed by atoms with van der Waals surface area (Å²) < 4.78 is 8.19. The molecule has 1 saturated heterocycles. The van der Waals surface area contributed by atoms with E-state index in [0.29, 0.717) is 0 Å². The summed E-state index contributed by atoms with van der Waals surface area (Å²) in [6, 6.07) is 14.9. The lowest BCUT2D eigenvalue weighted by Crippen LogP contribution is -2.15. The molecule has 3 rings (SSSR count). The lowest BCUT2D eigenvalue weighted by atomic mass is 10.1. The van der Waals surface area contributed by atoms with Crippen molar-refractivity contribution in [2.45, 2.75) is 31.9 Å². The Hall–Kier alpha value is -1.54. The van der Waals surface area contributed by atoms with Crippen molar-refractivity contribution in [1.29, 1.82) is 0 Å². The lowest BCUT2D eigenvalue weighted by Gasteiger charge is -2.24. The van der Waals surface area contributed by atoms with Gasteiger partial charge < -0.3 is 9.30 Å². The van der Waals surface area contributed by atoms with Crippen molar-refractivity contribution in [3.63, 3.8) is 0 Å². The summed E-state index contributed by atoms with van der Waals surface area (Å²) in [6.45, 7) is 1.84. The molecule has 1 aliphatic rings. The van der Waals surface area contributed by atoms with Crippen LogP contribution in [0.3, 0.4) is 0 Å². The molecule has 1 aromatic carbocycles. The molecular weight excluding hydrogens is 222 g/mol. The fourth-order valence-corrected chi connectivity index (χ4v) is 2.62. The van der Waals surface area contributed by atoms with Gasteiger partial charge in [-0.1, -0.05) is 30.3 Å². The lowest BCUT2D eigenvalue weighted by molar-refractivity contribution is 0.0104. The van der Waals surface area contributed by atoms with Gasteiger partial charge in [-0.15, -0.1) is 0 Å². The molecule has 2 aromatic rings. The van der Waals surface area contributed by atoms with Gasteiger partial charge in [-0.2, -0.15) is 0 Å². The largest absolute Gasteiger partial charge is 0.372 e. The van der Waals surface area contributed by atoms with Gasteiger partial charge in [0, 0.05) is 25.0 Å². The van der Waals surface area contributed by atoms with Gasteiger partial charge in [0.05, 0.1) is 6.10 Å². The summed E-state index contributed by atoms with van der Waals surface area (Å²) in [5.74, 6) is 0. The van der Waals surface area contributed by atoms with Crippen molar-refractivity contribution >= 4 is 0 Å². The smallest absolute Gasteiger partial charge is 0.0974 e. The van der Waals surface area contributed by atoms with Crippen LogP contribution in [-0.2, 0) is 11.3 Å². The van der Waals surface area contributed by atoms with Gasteiger partial charge in [0.25, 0.3) is 0 Å². The third kappa shape index (κ3) is 2.49. The fraction of sp³-hybridized carbons (Fsp3) is 0.375. The Morgan fingerprint density at radius 3 is 2.72 bits per heavy atom. The van der Waals surface area contributed by atoms with Crippen LogP contribution in [-0.4, -0.2) is 11.2 Å². The molecule has 0 spiro atoms. The van der Waals surface area contributed by atoms with Crippen molar-refractivity contribution < 1.29 is 4.74 Å². The summed E-state index contributed by atoms with van der Waals surface area (Å²) in [5.41, 5.74) is 2.66. The summed E-state index contributed by atoms with van der Waals surface area (Å²) >= 11 is 0. The molecule has 0 bridgehead atoms.